The molecule has 6 N–H and O–H groups in total. The Balaban J connectivity index is 0.00000264. The van der Waals surface area contributed by atoms with Gasteiger partial charge in [0.05, 0.1) is 6.54 Å². The van der Waals surface area contributed by atoms with Gasteiger partial charge in [-0.05, 0) is 17.6 Å². The van der Waals surface area contributed by atoms with Crippen molar-refractivity contribution >= 4 is 35.6 Å². The second-order valence-electron chi connectivity index (χ2n) is 5.10. The molecule has 1 aliphatic rings. The number of primary amides is 1. The first-order valence-corrected chi connectivity index (χ1v) is 6.81. The Morgan fingerprint density at radius 1 is 1.22 bits per heavy atom. The van der Waals surface area contributed by atoms with Crippen molar-refractivity contribution in [3.63, 3.8) is 0 Å². The normalized spacial score (nSPS) is 19.2. The highest BCUT2D eigenvalue weighted by Crippen LogP contribution is 2.33. The average molecular weight is 335 g/mol. The fourth-order valence-electron chi connectivity index (χ4n) is 2.30. The third kappa shape index (κ3) is 3.98. The van der Waals surface area contributed by atoms with Crippen molar-refractivity contribution in [1.82, 2.24) is 5.32 Å². The van der Waals surface area contributed by atoms with Gasteiger partial charge in [0.15, 0.2) is 0 Å². The smallest absolute Gasteiger partial charge is 0.238 e. The SMILES string of the molecule is Cl.N=C(N)C1(C(=O)NCC(N)=O)C=CC(c2ccccc2)=CC1. The molecule has 0 radical (unpaired) electrons. The lowest BCUT2D eigenvalue weighted by atomic mass is 9.77. The van der Waals surface area contributed by atoms with Crippen molar-refractivity contribution in [1.29, 1.82) is 5.41 Å². The molecular weight excluding hydrogens is 316 g/mol. The highest BCUT2D eigenvalue weighted by atomic mass is 35.5. The number of nitrogens with one attached hydrogen (secondary N) is 2. The largest absolute Gasteiger partial charge is 0.386 e. The van der Waals surface area contributed by atoms with Gasteiger partial charge in [0, 0.05) is 0 Å². The first kappa shape index (κ1) is 18.4. The number of amidine groups is 1. The van der Waals surface area contributed by atoms with E-state index in [1.165, 1.54) is 0 Å². The summed E-state index contributed by atoms with van der Waals surface area (Å²) < 4.78 is 0. The van der Waals surface area contributed by atoms with Crippen LogP contribution < -0.4 is 16.8 Å². The van der Waals surface area contributed by atoms with Crippen molar-refractivity contribution in [2.45, 2.75) is 6.42 Å². The molecule has 1 aromatic carbocycles. The second-order valence-corrected chi connectivity index (χ2v) is 5.10. The number of benzene rings is 1. The van der Waals surface area contributed by atoms with E-state index in [-0.39, 0.29) is 31.2 Å². The Labute approximate surface area is 140 Å². The Kier molecular flexibility index (Phi) is 6.10. The lowest BCUT2D eigenvalue weighted by molar-refractivity contribution is -0.128. The van der Waals surface area contributed by atoms with Gasteiger partial charge in [-0.1, -0.05) is 48.6 Å². The molecule has 0 fully saturated rings. The Hall–Kier alpha value is -2.60. The summed E-state index contributed by atoms with van der Waals surface area (Å²) in [5.41, 5.74) is 11.3. The van der Waals surface area contributed by atoms with Gasteiger partial charge in [0.2, 0.25) is 11.8 Å². The summed E-state index contributed by atoms with van der Waals surface area (Å²) in [7, 11) is 0. The van der Waals surface area contributed by atoms with Crippen molar-refractivity contribution in [3.8, 4) is 0 Å². The molecule has 122 valence electrons. The fraction of sp³-hybridized carbons (Fsp3) is 0.188. The van der Waals surface area contributed by atoms with Crippen LogP contribution >= 0.6 is 12.4 Å². The average Bonchev–Trinajstić information content (AvgIpc) is 2.53. The highest BCUT2D eigenvalue weighted by Gasteiger charge is 2.40. The summed E-state index contributed by atoms with van der Waals surface area (Å²) in [5.74, 6) is -1.42. The van der Waals surface area contributed by atoms with Crippen LogP contribution in [0.3, 0.4) is 0 Å². The van der Waals surface area contributed by atoms with Gasteiger partial charge in [-0.25, -0.2) is 0 Å². The summed E-state index contributed by atoms with van der Waals surface area (Å²) in [4.78, 5) is 23.1. The van der Waals surface area contributed by atoms with Gasteiger partial charge in [-0.15, -0.1) is 12.4 Å². The number of carbonyl (C=O) groups excluding carboxylic acids is 2. The zero-order chi connectivity index (χ0) is 16.2. The molecule has 0 aliphatic heterocycles. The van der Waals surface area contributed by atoms with E-state index >= 15 is 0 Å². The molecule has 0 saturated carbocycles. The number of halogens is 1. The molecule has 0 bridgehead atoms. The standard InChI is InChI=1S/C16H18N4O2.ClH/c17-13(21)10-20-15(22)16(14(18)19)8-6-12(7-9-16)11-4-2-1-3-5-11;/h1-8H,9-10H2,(H2,17,21)(H3,18,19)(H,20,22);1H. The lowest BCUT2D eigenvalue weighted by Crippen LogP contribution is -2.50. The van der Waals surface area contributed by atoms with Crippen LogP contribution in [0.4, 0.5) is 0 Å². The van der Waals surface area contributed by atoms with Gasteiger partial charge in [-0.3, -0.25) is 15.0 Å². The molecule has 0 heterocycles. The van der Waals surface area contributed by atoms with E-state index in [1.54, 1.807) is 12.2 Å². The van der Waals surface area contributed by atoms with Gasteiger partial charge in [0.1, 0.15) is 11.3 Å². The third-order valence-corrected chi connectivity index (χ3v) is 3.61. The number of hydrogen-bond donors (Lipinski definition) is 4. The van der Waals surface area contributed by atoms with Crippen molar-refractivity contribution in [3.05, 3.63) is 54.1 Å². The molecule has 6 nitrogen and oxygen atoms in total. The number of amides is 2. The molecule has 2 rings (SSSR count). The van der Waals surface area contributed by atoms with Crippen molar-refractivity contribution < 1.29 is 9.59 Å². The van der Waals surface area contributed by atoms with Crippen LogP contribution in [0.15, 0.2) is 48.6 Å². The summed E-state index contributed by atoms with van der Waals surface area (Å²) in [5, 5.41) is 10.2. The molecule has 0 aromatic heterocycles. The molecule has 1 aliphatic carbocycles. The van der Waals surface area contributed by atoms with Crippen LogP contribution in [0.2, 0.25) is 0 Å². The molecule has 0 saturated heterocycles. The zero-order valence-electron chi connectivity index (χ0n) is 12.4. The highest BCUT2D eigenvalue weighted by molar-refractivity contribution is 6.09. The van der Waals surface area contributed by atoms with E-state index in [0.717, 1.165) is 11.1 Å². The minimum Gasteiger partial charge on any atom is -0.386 e. The Morgan fingerprint density at radius 3 is 2.35 bits per heavy atom. The molecular formula is C16H19ClN4O2. The summed E-state index contributed by atoms with van der Waals surface area (Å²) in [6, 6.07) is 9.70. The third-order valence-electron chi connectivity index (χ3n) is 3.61. The van der Waals surface area contributed by atoms with E-state index in [1.807, 2.05) is 36.4 Å². The molecule has 23 heavy (non-hydrogen) atoms. The van der Waals surface area contributed by atoms with E-state index in [2.05, 4.69) is 5.32 Å². The van der Waals surface area contributed by atoms with Crippen LogP contribution in [-0.2, 0) is 9.59 Å². The summed E-state index contributed by atoms with van der Waals surface area (Å²) in [6.45, 7) is -0.281. The molecule has 7 heteroatoms. The first-order valence-electron chi connectivity index (χ1n) is 6.81. The topological polar surface area (TPSA) is 122 Å². The molecule has 0 spiro atoms. The van der Waals surface area contributed by atoms with E-state index in [4.69, 9.17) is 16.9 Å². The van der Waals surface area contributed by atoms with Crippen molar-refractivity contribution in [2.75, 3.05) is 6.54 Å². The lowest BCUT2D eigenvalue weighted by Gasteiger charge is -2.29. The van der Waals surface area contributed by atoms with Gasteiger partial charge in [0.25, 0.3) is 0 Å². The van der Waals surface area contributed by atoms with Crippen LogP contribution in [0.25, 0.3) is 5.57 Å². The van der Waals surface area contributed by atoms with E-state index in [0.29, 0.717) is 0 Å². The Bertz CT molecular complexity index is 670. The molecule has 1 unspecified atom stereocenters. The van der Waals surface area contributed by atoms with Crippen LogP contribution in [0, 0.1) is 10.8 Å². The van der Waals surface area contributed by atoms with Crippen LogP contribution in [0.5, 0.6) is 0 Å². The molecule has 1 aromatic rings. The minimum absolute atomic E-state index is 0. The van der Waals surface area contributed by atoms with Crippen molar-refractivity contribution in [2.24, 2.45) is 16.9 Å². The van der Waals surface area contributed by atoms with Crippen LogP contribution in [0.1, 0.15) is 12.0 Å². The quantitative estimate of drug-likeness (QED) is 0.474. The molecule has 2 amide bonds. The Morgan fingerprint density at radius 2 is 1.87 bits per heavy atom. The number of hydrogen-bond acceptors (Lipinski definition) is 3. The zero-order valence-corrected chi connectivity index (χ0v) is 13.2. The number of nitrogens with two attached hydrogens (primary N) is 2. The number of allylic oxidation sites excluding steroid dienone is 3. The number of rotatable bonds is 5. The number of carbonyl (C=O) groups is 2. The maximum absolute atomic E-state index is 12.3. The predicted molar refractivity (Wildman–Crippen MR) is 92.0 cm³/mol. The second kappa shape index (κ2) is 7.60. The maximum Gasteiger partial charge on any atom is 0.238 e. The predicted octanol–water partition coefficient (Wildman–Crippen LogP) is 0.976. The van der Waals surface area contributed by atoms with Crippen LogP contribution in [-0.4, -0.2) is 24.2 Å². The molecule has 1 atom stereocenters. The minimum atomic E-state index is -1.27. The summed E-state index contributed by atoms with van der Waals surface area (Å²) >= 11 is 0. The van der Waals surface area contributed by atoms with Gasteiger partial charge in [-0.2, -0.15) is 0 Å². The summed E-state index contributed by atoms with van der Waals surface area (Å²) in [6.07, 6.45) is 5.49. The maximum atomic E-state index is 12.3. The monoisotopic (exact) mass is 334 g/mol. The van der Waals surface area contributed by atoms with E-state index < -0.39 is 17.2 Å². The van der Waals surface area contributed by atoms with Gasteiger partial charge >= 0.3 is 0 Å². The van der Waals surface area contributed by atoms with E-state index in [9.17, 15) is 9.59 Å². The first-order chi connectivity index (χ1) is 10.5. The van der Waals surface area contributed by atoms with Gasteiger partial charge < -0.3 is 16.8 Å². The fourth-order valence-corrected chi connectivity index (χ4v) is 2.30.